The average molecular weight is 168 g/mol. The maximum absolute atomic E-state index is 9.36. The zero-order valence-corrected chi connectivity index (χ0v) is 8.16. The molecule has 70 valence electrons. The predicted molar refractivity (Wildman–Crippen MR) is 54.1 cm³/mol. The van der Waals surface area contributed by atoms with Gasteiger partial charge in [0.15, 0.2) is 0 Å². The highest BCUT2D eigenvalue weighted by atomic mass is 16.3. The average Bonchev–Trinajstić information content (AvgIpc) is 2.09. The number of allylic oxidation sites excluding steroid dienone is 3. The van der Waals surface area contributed by atoms with E-state index < -0.39 is 0 Å². The molecule has 1 N–H and O–H groups in total. The lowest BCUT2D eigenvalue weighted by Gasteiger charge is -2.01. The van der Waals surface area contributed by atoms with Gasteiger partial charge in [-0.05, 0) is 12.8 Å². The Morgan fingerprint density at radius 3 is 2.58 bits per heavy atom. The lowest BCUT2D eigenvalue weighted by atomic mass is 10.1. The molecule has 0 aliphatic heterocycles. The number of rotatable bonds is 6. The van der Waals surface area contributed by atoms with Crippen molar-refractivity contribution in [1.29, 1.82) is 0 Å². The van der Waals surface area contributed by atoms with Crippen molar-refractivity contribution in [1.82, 2.24) is 0 Å². The van der Waals surface area contributed by atoms with E-state index in [0.29, 0.717) is 0 Å². The van der Waals surface area contributed by atoms with E-state index in [-0.39, 0.29) is 6.10 Å². The number of unbranched alkanes of at least 4 members (excludes halogenated alkanes) is 1. The first-order valence-electron chi connectivity index (χ1n) is 4.82. The molecule has 0 spiro atoms. The van der Waals surface area contributed by atoms with E-state index >= 15 is 0 Å². The monoisotopic (exact) mass is 168 g/mol. The van der Waals surface area contributed by atoms with Crippen LogP contribution in [-0.2, 0) is 0 Å². The molecule has 1 unspecified atom stereocenters. The first kappa shape index (κ1) is 11.4. The fraction of sp³-hybridized carbons (Fsp3) is 0.636. The van der Waals surface area contributed by atoms with Gasteiger partial charge >= 0.3 is 0 Å². The van der Waals surface area contributed by atoms with E-state index in [1.807, 2.05) is 18.2 Å². The summed E-state index contributed by atoms with van der Waals surface area (Å²) in [5.41, 5.74) is 0. The predicted octanol–water partition coefficient (Wildman–Crippen LogP) is 3.06. The van der Waals surface area contributed by atoms with E-state index in [4.69, 9.17) is 0 Å². The van der Waals surface area contributed by atoms with Gasteiger partial charge < -0.3 is 5.11 Å². The van der Waals surface area contributed by atoms with Crippen LogP contribution in [0.1, 0.15) is 39.5 Å². The van der Waals surface area contributed by atoms with Crippen molar-refractivity contribution in [2.45, 2.75) is 45.6 Å². The van der Waals surface area contributed by atoms with E-state index in [1.54, 1.807) is 0 Å². The van der Waals surface area contributed by atoms with Crippen LogP contribution in [0.5, 0.6) is 0 Å². The molecule has 0 aromatic carbocycles. The van der Waals surface area contributed by atoms with Crippen molar-refractivity contribution in [3.8, 4) is 0 Å². The maximum atomic E-state index is 9.36. The molecule has 0 saturated heterocycles. The summed E-state index contributed by atoms with van der Waals surface area (Å²) in [6.07, 6.45) is 11.7. The summed E-state index contributed by atoms with van der Waals surface area (Å²) < 4.78 is 0. The standard InChI is InChI=1S/C11H20O/c1-3-5-7-8-10-11(12)9-6-4-2/h5,7-8,10-12H,3-4,6,9H2,1-2H3. The molecule has 0 aliphatic carbocycles. The minimum Gasteiger partial charge on any atom is -0.389 e. The van der Waals surface area contributed by atoms with Gasteiger partial charge in [0, 0.05) is 0 Å². The minimum atomic E-state index is -0.258. The van der Waals surface area contributed by atoms with Crippen molar-refractivity contribution in [2.24, 2.45) is 0 Å². The molecule has 0 rings (SSSR count). The van der Waals surface area contributed by atoms with Crippen molar-refractivity contribution < 1.29 is 5.11 Å². The molecule has 1 nitrogen and oxygen atoms in total. The fourth-order valence-electron chi connectivity index (χ4n) is 0.917. The first-order valence-corrected chi connectivity index (χ1v) is 4.82. The second-order valence-corrected chi connectivity index (χ2v) is 2.93. The third kappa shape index (κ3) is 7.55. The number of hydrogen-bond acceptors (Lipinski definition) is 1. The molecule has 0 saturated carbocycles. The normalized spacial score (nSPS) is 14.6. The van der Waals surface area contributed by atoms with Gasteiger partial charge in [0.2, 0.25) is 0 Å². The molecule has 0 aliphatic rings. The van der Waals surface area contributed by atoms with Gasteiger partial charge in [-0.1, -0.05) is 51.0 Å². The Balaban J connectivity index is 3.46. The van der Waals surface area contributed by atoms with Gasteiger partial charge in [0.25, 0.3) is 0 Å². The molecule has 0 aromatic heterocycles. The minimum absolute atomic E-state index is 0.258. The lowest BCUT2D eigenvalue weighted by molar-refractivity contribution is 0.209. The van der Waals surface area contributed by atoms with Crippen molar-refractivity contribution in [2.75, 3.05) is 0 Å². The molecule has 0 amide bonds. The summed E-state index contributed by atoms with van der Waals surface area (Å²) in [6.45, 7) is 4.23. The summed E-state index contributed by atoms with van der Waals surface area (Å²) >= 11 is 0. The Morgan fingerprint density at radius 2 is 2.00 bits per heavy atom. The first-order chi connectivity index (χ1) is 5.81. The van der Waals surface area contributed by atoms with Crippen LogP contribution in [0.2, 0.25) is 0 Å². The summed E-state index contributed by atoms with van der Waals surface area (Å²) in [5, 5.41) is 9.36. The molecular formula is C11H20O. The smallest absolute Gasteiger partial charge is 0.0723 e. The molecule has 0 fully saturated rings. The van der Waals surface area contributed by atoms with Crippen LogP contribution in [0, 0.1) is 0 Å². The Hall–Kier alpha value is -0.560. The van der Waals surface area contributed by atoms with Crippen LogP contribution in [0.4, 0.5) is 0 Å². The van der Waals surface area contributed by atoms with E-state index in [1.165, 1.54) is 0 Å². The third-order valence-corrected chi connectivity index (χ3v) is 1.67. The third-order valence-electron chi connectivity index (χ3n) is 1.67. The molecule has 0 heterocycles. The number of aliphatic hydroxyl groups excluding tert-OH is 1. The molecule has 1 atom stereocenters. The second-order valence-electron chi connectivity index (χ2n) is 2.93. The highest BCUT2D eigenvalue weighted by Crippen LogP contribution is 2.01. The van der Waals surface area contributed by atoms with Gasteiger partial charge in [0.05, 0.1) is 6.10 Å². The quantitative estimate of drug-likeness (QED) is 0.604. The highest BCUT2D eigenvalue weighted by molar-refractivity contribution is 5.04. The van der Waals surface area contributed by atoms with E-state index in [9.17, 15) is 5.11 Å². The Bertz CT molecular complexity index is 136. The van der Waals surface area contributed by atoms with Crippen LogP contribution < -0.4 is 0 Å². The maximum Gasteiger partial charge on any atom is 0.0723 e. The molecule has 12 heavy (non-hydrogen) atoms. The largest absolute Gasteiger partial charge is 0.389 e. The van der Waals surface area contributed by atoms with Crippen LogP contribution in [0.25, 0.3) is 0 Å². The zero-order chi connectivity index (χ0) is 9.23. The van der Waals surface area contributed by atoms with Crippen LogP contribution >= 0.6 is 0 Å². The van der Waals surface area contributed by atoms with E-state index in [2.05, 4.69) is 19.9 Å². The second kappa shape index (κ2) is 8.54. The molecule has 0 radical (unpaired) electrons. The fourth-order valence-corrected chi connectivity index (χ4v) is 0.917. The summed E-state index contributed by atoms with van der Waals surface area (Å²) in [5.74, 6) is 0. The van der Waals surface area contributed by atoms with Crippen molar-refractivity contribution >= 4 is 0 Å². The van der Waals surface area contributed by atoms with Gasteiger partial charge in [-0.2, -0.15) is 0 Å². The Morgan fingerprint density at radius 1 is 1.25 bits per heavy atom. The molecule has 0 bridgehead atoms. The molecular weight excluding hydrogens is 148 g/mol. The van der Waals surface area contributed by atoms with Crippen LogP contribution in [-0.4, -0.2) is 11.2 Å². The lowest BCUT2D eigenvalue weighted by Crippen LogP contribution is -2.00. The molecule has 1 heteroatoms. The van der Waals surface area contributed by atoms with Gasteiger partial charge in [-0.3, -0.25) is 0 Å². The van der Waals surface area contributed by atoms with E-state index in [0.717, 1.165) is 25.7 Å². The highest BCUT2D eigenvalue weighted by Gasteiger charge is 1.95. The molecule has 0 aromatic rings. The van der Waals surface area contributed by atoms with Crippen molar-refractivity contribution in [3.05, 3.63) is 24.3 Å². The zero-order valence-electron chi connectivity index (χ0n) is 8.16. The van der Waals surface area contributed by atoms with Gasteiger partial charge in [-0.15, -0.1) is 0 Å². The number of hydrogen-bond donors (Lipinski definition) is 1. The summed E-state index contributed by atoms with van der Waals surface area (Å²) in [6, 6.07) is 0. The van der Waals surface area contributed by atoms with Crippen molar-refractivity contribution in [3.63, 3.8) is 0 Å². The van der Waals surface area contributed by atoms with Crippen LogP contribution in [0.15, 0.2) is 24.3 Å². The summed E-state index contributed by atoms with van der Waals surface area (Å²) in [4.78, 5) is 0. The number of aliphatic hydroxyl groups is 1. The van der Waals surface area contributed by atoms with Gasteiger partial charge in [0.1, 0.15) is 0 Å². The van der Waals surface area contributed by atoms with Crippen LogP contribution in [0.3, 0.4) is 0 Å². The SMILES string of the molecule is CCC=CC=CC(O)CCCC. The van der Waals surface area contributed by atoms with Gasteiger partial charge in [-0.25, -0.2) is 0 Å². The topological polar surface area (TPSA) is 20.2 Å². The Kier molecular flexibility index (Phi) is 8.14. The summed E-state index contributed by atoms with van der Waals surface area (Å²) in [7, 11) is 0. The Labute approximate surface area is 75.8 Å².